The molecular weight excluding hydrogens is 502 g/mol. The highest BCUT2D eigenvalue weighted by Gasteiger charge is 2.38. The number of benzene rings is 1. The normalized spacial score (nSPS) is 19.5. The predicted molar refractivity (Wildman–Crippen MR) is 149 cm³/mol. The van der Waals surface area contributed by atoms with E-state index in [1.165, 1.54) is 0 Å². The van der Waals surface area contributed by atoms with Gasteiger partial charge < -0.3 is 35.4 Å². The summed E-state index contributed by atoms with van der Waals surface area (Å²) in [5, 5.41) is 11.5. The number of nitrogens with one attached hydrogen (secondary N) is 1. The maximum Gasteiger partial charge on any atom is 0.347 e. The molecular formula is C27H35N7O5. The van der Waals surface area contributed by atoms with Gasteiger partial charge in [-0.3, -0.25) is 4.79 Å². The number of carbonyl (C=O) groups excluding carboxylic acids is 2. The molecule has 1 atom stereocenters. The highest BCUT2D eigenvalue weighted by atomic mass is 16.5. The zero-order valence-electron chi connectivity index (χ0n) is 22.9. The summed E-state index contributed by atoms with van der Waals surface area (Å²) in [5.74, 6) is 0.368. The van der Waals surface area contributed by atoms with Gasteiger partial charge >= 0.3 is 6.03 Å². The number of aliphatic hydroxyl groups is 1. The van der Waals surface area contributed by atoms with Gasteiger partial charge in [0.2, 0.25) is 11.8 Å². The zero-order chi connectivity index (χ0) is 28.3. The summed E-state index contributed by atoms with van der Waals surface area (Å²) >= 11 is 0. The Bertz CT molecular complexity index is 1320. The molecule has 0 unspecified atom stereocenters. The second kappa shape index (κ2) is 11.3. The molecule has 12 heteroatoms. The number of anilines is 2. The number of morpholine rings is 1. The minimum Gasteiger partial charge on any atom is -0.515 e. The van der Waals surface area contributed by atoms with Crippen LogP contribution in [-0.4, -0.2) is 82.2 Å². The molecule has 4 rings (SSSR count). The van der Waals surface area contributed by atoms with E-state index < -0.39 is 11.6 Å². The molecule has 4 N–H and O–H groups in total. The highest BCUT2D eigenvalue weighted by molar-refractivity contribution is 6.04. The summed E-state index contributed by atoms with van der Waals surface area (Å²) in [5.41, 5.74) is 7.56. The Hall–Kier alpha value is -4.19. The van der Waals surface area contributed by atoms with Gasteiger partial charge in [0.1, 0.15) is 17.0 Å². The number of aliphatic imine (C=N–C) groups is 1. The van der Waals surface area contributed by atoms with Crippen molar-refractivity contribution in [2.75, 3.05) is 43.1 Å². The fourth-order valence-electron chi connectivity index (χ4n) is 4.62. The number of nitrogens with zero attached hydrogens (tertiary/aromatic N) is 5. The van der Waals surface area contributed by atoms with E-state index in [2.05, 4.69) is 15.2 Å². The first kappa shape index (κ1) is 27.8. The standard InChI is InChI=1S/C27H35N7O5/c1-6-33-15-27(4,5)39-23-21(24(33)36)22(31-25(32-23)34-10-12-38-14-17(34)3)18-7-8-19(16(2)13-18)29-26(37)30-20(28)9-11-35/h7-9,11,13,17,35H,6,10,12,14-15H2,1-5H3,(H3,28,29,30,37)/b11-9-/t17-/m0/s1. The van der Waals surface area contributed by atoms with Crippen LogP contribution in [0.5, 0.6) is 5.88 Å². The van der Waals surface area contributed by atoms with Crippen molar-refractivity contribution in [2.45, 2.75) is 46.3 Å². The lowest BCUT2D eigenvalue weighted by Gasteiger charge is -2.34. The Kier molecular flexibility index (Phi) is 8.05. The lowest BCUT2D eigenvalue weighted by Crippen LogP contribution is -2.44. The lowest BCUT2D eigenvalue weighted by molar-refractivity contribution is 0.0541. The van der Waals surface area contributed by atoms with E-state index in [4.69, 9.17) is 30.3 Å². The number of hydrogen-bond donors (Lipinski definition) is 3. The van der Waals surface area contributed by atoms with Crippen LogP contribution in [0.3, 0.4) is 0 Å². The molecule has 12 nitrogen and oxygen atoms in total. The van der Waals surface area contributed by atoms with E-state index in [1.54, 1.807) is 17.0 Å². The minimum atomic E-state index is -0.689. The maximum absolute atomic E-state index is 13.8. The fraction of sp³-hybridized carbons (Fsp3) is 0.444. The third-order valence-electron chi connectivity index (χ3n) is 6.53. The number of hydrogen-bond acceptors (Lipinski definition) is 8. The molecule has 2 aliphatic heterocycles. The van der Waals surface area contributed by atoms with Crippen LogP contribution >= 0.6 is 0 Å². The first-order chi connectivity index (χ1) is 18.5. The molecule has 3 amide bonds. The lowest BCUT2D eigenvalue weighted by atomic mass is 10.0. The van der Waals surface area contributed by atoms with Crippen LogP contribution in [0.4, 0.5) is 16.4 Å². The number of aryl methyl sites for hydroxylation is 1. The smallest absolute Gasteiger partial charge is 0.347 e. The number of rotatable bonds is 5. The Labute approximate surface area is 227 Å². The summed E-state index contributed by atoms with van der Waals surface area (Å²) in [6.07, 6.45) is 1.80. The van der Waals surface area contributed by atoms with Crippen molar-refractivity contribution in [3.05, 3.63) is 41.7 Å². The number of fused-ring (bicyclic) bond motifs is 1. The van der Waals surface area contributed by atoms with Gasteiger partial charge in [-0.05, 0) is 52.3 Å². The van der Waals surface area contributed by atoms with Gasteiger partial charge in [-0.1, -0.05) is 6.07 Å². The summed E-state index contributed by atoms with van der Waals surface area (Å²) in [7, 11) is 0. The van der Waals surface area contributed by atoms with Crippen molar-refractivity contribution < 1.29 is 24.2 Å². The Morgan fingerprint density at radius 3 is 2.79 bits per heavy atom. The van der Waals surface area contributed by atoms with Crippen molar-refractivity contribution in [1.82, 2.24) is 14.9 Å². The first-order valence-corrected chi connectivity index (χ1v) is 12.8. The van der Waals surface area contributed by atoms with Gasteiger partial charge in [-0.25, -0.2) is 9.78 Å². The average Bonchev–Trinajstić information content (AvgIpc) is 2.97. The second-order valence-electron chi connectivity index (χ2n) is 10.2. The van der Waals surface area contributed by atoms with Crippen molar-refractivity contribution in [3.63, 3.8) is 0 Å². The number of aromatic nitrogens is 2. The van der Waals surface area contributed by atoms with Crippen LogP contribution in [0.1, 0.15) is 43.6 Å². The first-order valence-electron chi connectivity index (χ1n) is 12.8. The van der Waals surface area contributed by atoms with Crippen molar-refractivity contribution in [1.29, 1.82) is 0 Å². The Balaban J connectivity index is 1.82. The van der Waals surface area contributed by atoms with Crippen LogP contribution in [0.25, 0.3) is 11.3 Å². The van der Waals surface area contributed by atoms with E-state index in [1.807, 2.05) is 40.7 Å². The molecule has 1 aromatic carbocycles. The van der Waals surface area contributed by atoms with E-state index in [-0.39, 0.29) is 23.7 Å². The number of likely N-dealkylation sites (N-methyl/N-ethyl adjacent to an activating group) is 1. The van der Waals surface area contributed by atoms with Gasteiger partial charge in [0, 0.05) is 30.4 Å². The third-order valence-corrected chi connectivity index (χ3v) is 6.53. The molecule has 1 aromatic heterocycles. The number of aliphatic hydroxyl groups excluding tert-OH is 1. The molecule has 1 fully saturated rings. The van der Waals surface area contributed by atoms with Gasteiger partial charge in [0.15, 0.2) is 0 Å². The number of amidine groups is 1. The van der Waals surface area contributed by atoms with E-state index in [0.717, 1.165) is 11.6 Å². The SMILES string of the molecule is CCN1CC(C)(C)Oc2nc(N3CCOC[C@@H]3C)nc(-c3ccc(NC(=O)N=C(N)/C=C\O)c(C)c3)c2C1=O. The summed E-state index contributed by atoms with van der Waals surface area (Å²) in [4.78, 5) is 43.2. The molecule has 0 aliphatic carbocycles. The number of urea groups is 1. The molecule has 2 aromatic rings. The Morgan fingerprint density at radius 1 is 1.36 bits per heavy atom. The fourth-order valence-corrected chi connectivity index (χ4v) is 4.62. The monoisotopic (exact) mass is 537 g/mol. The number of ether oxygens (including phenoxy) is 2. The van der Waals surface area contributed by atoms with Gasteiger partial charge in [-0.2, -0.15) is 9.98 Å². The topological polar surface area (TPSA) is 155 Å². The van der Waals surface area contributed by atoms with Gasteiger partial charge in [-0.15, -0.1) is 0 Å². The van der Waals surface area contributed by atoms with Crippen LogP contribution in [0.2, 0.25) is 0 Å². The number of carbonyl (C=O) groups is 2. The van der Waals surface area contributed by atoms with Gasteiger partial charge in [0.25, 0.3) is 5.91 Å². The predicted octanol–water partition coefficient (Wildman–Crippen LogP) is 3.27. The number of amides is 3. The molecule has 0 bridgehead atoms. The zero-order valence-corrected chi connectivity index (χ0v) is 22.9. The second-order valence-corrected chi connectivity index (χ2v) is 10.2. The maximum atomic E-state index is 13.8. The molecule has 39 heavy (non-hydrogen) atoms. The van der Waals surface area contributed by atoms with Crippen molar-refractivity contribution in [3.8, 4) is 17.1 Å². The number of nitrogens with two attached hydrogens (primary N) is 1. The summed E-state index contributed by atoms with van der Waals surface area (Å²) < 4.78 is 12.0. The third kappa shape index (κ3) is 6.11. The van der Waals surface area contributed by atoms with Crippen molar-refractivity contribution in [2.24, 2.45) is 10.7 Å². The van der Waals surface area contributed by atoms with E-state index in [0.29, 0.717) is 67.6 Å². The quantitative estimate of drug-likeness (QED) is 0.296. The summed E-state index contributed by atoms with van der Waals surface area (Å²) in [6, 6.07) is 4.68. The molecule has 0 saturated carbocycles. The van der Waals surface area contributed by atoms with Crippen LogP contribution in [0.15, 0.2) is 35.5 Å². The molecule has 0 spiro atoms. The van der Waals surface area contributed by atoms with E-state index in [9.17, 15) is 9.59 Å². The van der Waals surface area contributed by atoms with Crippen molar-refractivity contribution >= 4 is 29.4 Å². The summed E-state index contributed by atoms with van der Waals surface area (Å²) in [6.45, 7) is 12.3. The molecule has 2 aliphatic rings. The molecule has 1 saturated heterocycles. The van der Waals surface area contributed by atoms with Crippen LogP contribution < -0.4 is 20.7 Å². The molecule has 3 heterocycles. The highest BCUT2D eigenvalue weighted by Crippen LogP contribution is 2.37. The Morgan fingerprint density at radius 2 is 2.13 bits per heavy atom. The molecule has 0 radical (unpaired) electrons. The largest absolute Gasteiger partial charge is 0.515 e. The minimum absolute atomic E-state index is 0.0410. The van der Waals surface area contributed by atoms with Crippen LogP contribution in [0, 0.1) is 6.92 Å². The average molecular weight is 538 g/mol. The molecule has 208 valence electrons. The van der Waals surface area contributed by atoms with Gasteiger partial charge in [0.05, 0.1) is 37.8 Å². The van der Waals surface area contributed by atoms with E-state index >= 15 is 0 Å². The van der Waals surface area contributed by atoms with Crippen LogP contribution in [-0.2, 0) is 4.74 Å².